The third-order valence-electron chi connectivity index (χ3n) is 4.49. The highest BCUT2D eigenvalue weighted by Crippen LogP contribution is 2.26. The molecule has 3 heterocycles. The standard InChI is InChI=1S/C20H20FN7/c1-12-9-13(2)27(25-12)19-10-18(22-11-23-19)24-20-14(3)26-28(15(20)4)17-7-5-16(21)6-8-17/h5-11H,1-4H3,(H,22,23,24). The Hall–Kier alpha value is -3.55. The zero-order valence-corrected chi connectivity index (χ0v) is 16.1. The Morgan fingerprint density at radius 3 is 2.32 bits per heavy atom. The molecule has 28 heavy (non-hydrogen) atoms. The SMILES string of the molecule is Cc1cc(C)n(-c2cc(Nc3c(C)nn(-c4ccc(F)cc4)c3C)ncn2)n1. The van der Waals surface area contributed by atoms with Gasteiger partial charge in [0.2, 0.25) is 0 Å². The molecule has 4 aromatic rings. The molecular weight excluding hydrogens is 357 g/mol. The second kappa shape index (κ2) is 6.88. The van der Waals surface area contributed by atoms with Gasteiger partial charge in [0.25, 0.3) is 0 Å². The maximum atomic E-state index is 13.2. The van der Waals surface area contributed by atoms with E-state index in [1.807, 2.05) is 39.8 Å². The number of rotatable bonds is 4. The van der Waals surface area contributed by atoms with Crippen molar-refractivity contribution in [2.45, 2.75) is 27.7 Å². The number of benzene rings is 1. The van der Waals surface area contributed by atoms with Gasteiger partial charge in [0.05, 0.1) is 28.5 Å². The molecule has 8 heteroatoms. The maximum absolute atomic E-state index is 13.2. The number of halogens is 1. The number of anilines is 2. The monoisotopic (exact) mass is 377 g/mol. The molecule has 7 nitrogen and oxygen atoms in total. The van der Waals surface area contributed by atoms with E-state index >= 15 is 0 Å². The lowest BCUT2D eigenvalue weighted by molar-refractivity contribution is 0.627. The Balaban J connectivity index is 1.67. The molecule has 142 valence electrons. The maximum Gasteiger partial charge on any atom is 0.159 e. The average Bonchev–Trinajstić information content (AvgIpc) is 3.15. The van der Waals surface area contributed by atoms with Crippen molar-refractivity contribution >= 4 is 11.5 Å². The molecule has 0 amide bonds. The molecule has 0 saturated heterocycles. The number of hydrogen-bond acceptors (Lipinski definition) is 5. The van der Waals surface area contributed by atoms with Crippen LogP contribution in [0.15, 0.2) is 42.7 Å². The highest BCUT2D eigenvalue weighted by molar-refractivity contribution is 5.63. The van der Waals surface area contributed by atoms with Crippen molar-refractivity contribution in [1.29, 1.82) is 0 Å². The van der Waals surface area contributed by atoms with Crippen LogP contribution in [0, 0.1) is 33.5 Å². The van der Waals surface area contributed by atoms with Gasteiger partial charge in [-0.3, -0.25) is 0 Å². The van der Waals surface area contributed by atoms with Crippen LogP contribution in [0.1, 0.15) is 22.8 Å². The molecule has 0 fully saturated rings. The minimum atomic E-state index is -0.277. The van der Waals surface area contributed by atoms with Gasteiger partial charge in [0.15, 0.2) is 5.82 Å². The fraction of sp³-hybridized carbons (Fsp3) is 0.200. The number of aromatic nitrogens is 6. The Labute approximate surface area is 161 Å². The van der Waals surface area contributed by atoms with Crippen LogP contribution < -0.4 is 5.32 Å². The fourth-order valence-corrected chi connectivity index (χ4v) is 3.18. The van der Waals surface area contributed by atoms with Gasteiger partial charge in [0, 0.05) is 11.8 Å². The number of hydrogen-bond donors (Lipinski definition) is 1. The van der Waals surface area contributed by atoms with Gasteiger partial charge in [-0.2, -0.15) is 10.2 Å². The van der Waals surface area contributed by atoms with Crippen LogP contribution in [0.4, 0.5) is 15.9 Å². The molecule has 1 N–H and O–H groups in total. The normalized spacial score (nSPS) is 11.0. The molecule has 0 spiro atoms. The first-order valence-electron chi connectivity index (χ1n) is 8.87. The number of nitrogens with zero attached hydrogens (tertiary/aromatic N) is 6. The summed E-state index contributed by atoms with van der Waals surface area (Å²) in [5.74, 6) is 1.05. The van der Waals surface area contributed by atoms with Gasteiger partial charge < -0.3 is 5.32 Å². The Morgan fingerprint density at radius 1 is 0.893 bits per heavy atom. The highest BCUT2D eigenvalue weighted by Gasteiger charge is 2.14. The summed E-state index contributed by atoms with van der Waals surface area (Å²) in [5.41, 5.74) is 5.28. The lowest BCUT2D eigenvalue weighted by atomic mass is 10.3. The van der Waals surface area contributed by atoms with E-state index in [4.69, 9.17) is 0 Å². The third kappa shape index (κ3) is 3.24. The van der Waals surface area contributed by atoms with E-state index in [0.29, 0.717) is 11.6 Å². The molecule has 0 aliphatic heterocycles. The van der Waals surface area contributed by atoms with Crippen LogP contribution in [-0.4, -0.2) is 29.5 Å². The molecule has 0 bridgehead atoms. The molecule has 0 aliphatic carbocycles. The Morgan fingerprint density at radius 2 is 1.64 bits per heavy atom. The van der Waals surface area contributed by atoms with Gasteiger partial charge in [-0.15, -0.1) is 0 Å². The molecular formula is C20H20FN7. The Kier molecular flexibility index (Phi) is 4.38. The van der Waals surface area contributed by atoms with E-state index in [9.17, 15) is 4.39 Å². The average molecular weight is 377 g/mol. The molecule has 0 atom stereocenters. The van der Waals surface area contributed by atoms with Crippen LogP contribution in [0.25, 0.3) is 11.5 Å². The molecule has 0 saturated carbocycles. The van der Waals surface area contributed by atoms with Crippen LogP contribution >= 0.6 is 0 Å². The largest absolute Gasteiger partial charge is 0.337 e. The highest BCUT2D eigenvalue weighted by atomic mass is 19.1. The second-order valence-corrected chi connectivity index (χ2v) is 6.66. The molecule has 1 aromatic carbocycles. The van der Waals surface area contributed by atoms with Crippen molar-refractivity contribution in [2.24, 2.45) is 0 Å². The van der Waals surface area contributed by atoms with Gasteiger partial charge in [-0.1, -0.05) is 0 Å². The predicted molar refractivity (Wildman–Crippen MR) is 105 cm³/mol. The lowest BCUT2D eigenvalue weighted by Gasteiger charge is -2.09. The topological polar surface area (TPSA) is 73.5 Å². The summed E-state index contributed by atoms with van der Waals surface area (Å²) in [6.07, 6.45) is 1.50. The molecule has 4 rings (SSSR count). The predicted octanol–water partition coefficient (Wildman–Crippen LogP) is 3.96. The molecule has 3 aromatic heterocycles. The molecule has 0 radical (unpaired) electrons. The van der Waals surface area contributed by atoms with Crippen LogP contribution in [-0.2, 0) is 0 Å². The van der Waals surface area contributed by atoms with E-state index in [2.05, 4.69) is 25.5 Å². The fourth-order valence-electron chi connectivity index (χ4n) is 3.18. The first-order valence-corrected chi connectivity index (χ1v) is 8.87. The van der Waals surface area contributed by atoms with Crippen molar-refractivity contribution < 1.29 is 4.39 Å². The second-order valence-electron chi connectivity index (χ2n) is 6.66. The van der Waals surface area contributed by atoms with E-state index < -0.39 is 0 Å². The van der Waals surface area contributed by atoms with Crippen LogP contribution in [0.2, 0.25) is 0 Å². The zero-order valence-electron chi connectivity index (χ0n) is 16.1. The summed E-state index contributed by atoms with van der Waals surface area (Å²) < 4.78 is 16.8. The number of aryl methyl sites for hydroxylation is 3. The van der Waals surface area contributed by atoms with Crippen LogP contribution in [0.5, 0.6) is 0 Å². The minimum absolute atomic E-state index is 0.277. The number of nitrogens with one attached hydrogen (secondary N) is 1. The van der Waals surface area contributed by atoms with E-state index in [1.165, 1.54) is 18.5 Å². The van der Waals surface area contributed by atoms with E-state index in [-0.39, 0.29) is 5.82 Å². The van der Waals surface area contributed by atoms with Crippen molar-refractivity contribution in [3.05, 3.63) is 71.3 Å². The summed E-state index contributed by atoms with van der Waals surface area (Å²) in [7, 11) is 0. The van der Waals surface area contributed by atoms with Crippen molar-refractivity contribution in [3.8, 4) is 11.5 Å². The van der Waals surface area contributed by atoms with Crippen molar-refractivity contribution in [1.82, 2.24) is 29.5 Å². The van der Waals surface area contributed by atoms with Crippen LogP contribution in [0.3, 0.4) is 0 Å². The first kappa shape index (κ1) is 17.8. The van der Waals surface area contributed by atoms with E-state index in [0.717, 1.165) is 34.2 Å². The first-order chi connectivity index (χ1) is 13.4. The minimum Gasteiger partial charge on any atom is -0.337 e. The smallest absolute Gasteiger partial charge is 0.159 e. The summed E-state index contributed by atoms with van der Waals surface area (Å²) in [6.45, 7) is 7.80. The summed E-state index contributed by atoms with van der Waals surface area (Å²) in [6, 6.07) is 10.1. The van der Waals surface area contributed by atoms with Gasteiger partial charge in [-0.25, -0.2) is 23.7 Å². The van der Waals surface area contributed by atoms with Gasteiger partial charge in [-0.05, 0) is 58.0 Å². The molecule has 0 unspecified atom stereocenters. The van der Waals surface area contributed by atoms with Crippen molar-refractivity contribution in [3.63, 3.8) is 0 Å². The summed E-state index contributed by atoms with van der Waals surface area (Å²) in [4.78, 5) is 8.65. The Bertz CT molecular complexity index is 1140. The molecule has 0 aliphatic rings. The summed E-state index contributed by atoms with van der Waals surface area (Å²) >= 11 is 0. The quantitative estimate of drug-likeness (QED) is 0.583. The summed E-state index contributed by atoms with van der Waals surface area (Å²) in [5, 5.41) is 12.4. The van der Waals surface area contributed by atoms with Gasteiger partial charge >= 0.3 is 0 Å². The van der Waals surface area contributed by atoms with Crippen molar-refractivity contribution in [2.75, 3.05) is 5.32 Å². The third-order valence-corrected chi connectivity index (χ3v) is 4.49. The van der Waals surface area contributed by atoms with Gasteiger partial charge in [0.1, 0.15) is 18.0 Å². The van der Waals surface area contributed by atoms with E-state index in [1.54, 1.807) is 21.5 Å². The zero-order chi connectivity index (χ0) is 19.8. The lowest BCUT2D eigenvalue weighted by Crippen LogP contribution is -2.05.